The Bertz CT molecular complexity index is 395. The molecule has 1 fully saturated rings. The Morgan fingerprint density at radius 3 is 2.78 bits per heavy atom. The van der Waals surface area contributed by atoms with Crippen molar-refractivity contribution < 1.29 is 9.18 Å². The van der Waals surface area contributed by atoms with E-state index in [1.165, 1.54) is 12.1 Å². The second-order valence-electron chi connectivity index (χ2n) is 4.03. The van der Waals surface area contributed by atoms with Crippen molar-refractivity contribution >= 4 is 5.91 Å². The van der Waals surface area contributed by atoms with Gasteiger partial charge in [-0.3, -0.25) is 4.79 Å². The fourth-order valence-electron chi connectivity index (χ4n) is 1.98. The highest BCUT2D eigenvalue weighted by atomic mass is 19.1. The minimum absolute atomic E-state index is 0.0355. The summed E-state index contributed by atoms with van der Waals surface area (Å²) in [5, 5.41) is 3.29. The topological polar surface area (TPSA) is 32.3 Å². The zero-order valence-electron chi connectivity index (χ0n) is 11.2. The minimum atomic E-state index is -0.237. The van der Waals surface area contributed by atoms with Crippen molar-refractivity contribution in [3.05, 3.63) is 35.6 Å². The lowest BCUT2D eigenvalue weighted by Gasteiger charge is -2.33. The molecule has 1 saturated heterocycles. The molecule has 1 aliphatic rings. The van der Waals surface area contributed by atoms with Crippen LogP contribution in [0.15, 0.2) is 24.3 Å². The molecule has 3 nitrogen and oxygen atoms in total. The molecule has 0 radical (unpaired) electrons. The molecule has 100 valence electrons. The van der Waals surface area contributed by atoms with Crippen LogP contribution in [0, 0.1) is 5.82 Å². The highest BCUT2D eigenvalue weighted by molar-refractivity contribution is 5.73. The van der Waals surface area contributed by atoms with Crippen LogP contribution in [0.25, 0.3) is 0 Å². The summed E-state index contributed by atoms with van der Waals surface area (Å²) in [4.78, 5) is 13.1. The number of carbonyl (C=O) groups excluding carboxylic acids is 1. The summed E-state index contributed by atoms with van der Waals surface area (Å²) >= 11 is 0. The highest BCUT2D eigenvalue weighted by Crippen LogP contribution is 2.18. The maximum absolute atomic E-state index is 13.1. The Morgan fingerprint density at radius 2 is 2.17 bits per heavy atom. The second kappa shape index (κ2) is 7.11. The number of carbonyl (C=O) groups is 1. The summed E-state index contributed by atoms with van der Waals surface area (Å²) in [6, 6.07) is 6.55. The van der Waals surface area contributed by atoms with E-state index in [2.05, 4.69) is 5.32 Å². The Hall–Kier alpha value is -1.42. The molecule has 1 aromatic rings. The molecule has 0 aromatic heterocycles. The van der Waals surface area contributed by atoms with Gasteiger partial charge in [-0.25, -0.2) is 4.39 Å². The molecule has 1 N–H and O–H groups in total. The van der Waals surface area contributed by atoms with Crippen LogP contribution in [0.2, 0.25) is 0 Å². The lowest BCUT2D eigenvalue weighted by atomic mass is 10.0. The molecule has 0 saturated carbocycles. The Kier molecular flexibility index (Phi) is 5.78. The summed E-state index contributed by atoms with van der Waals surface area (Å²) < 4.78 is 13.1. The van der Waals surface area contributed by atoms with Crippen LogP contribution in [-0.2, 0) is 4.79 Å². The number of hydrogen-bond donors (Lipinski definition) is 1. The van der Waals surface area contributed by atoms with Gasteiger partial charge in [0.1, 0.15) is 5.82 Å². The Labute approximate surface area is 108 Å². The Morgan fingerprint density at radius 1 is 1.44 bits per heavy atom. The third kappa shape index (κ3) is 3.81. The van der Waals surface area contributed by atoms with Crippen molar-refractivity contribution in [2.24, 2.45) is 0 Å². The van der Waals surface area contributed by atoms with E-state index in [1.54, 1.807) is 17.9 Å². The molecule has 0 aliphatic carbocycles. The third-order valence-corrected chi connectivity index (χ3v) is 2.87. The lowest BCUT2D eigenvalue weighted by Crippen LogP contribution is -2.47. The molecule has 4 heteroatoms. The first kappa shape index (κ1) is 14.6. The van der Waals surface area contributed by atoms with Crippen LogP contribution in [-0.4, -0.2) is 30.4 Å². The average molecular weight is 252 g/mol. The van der Waals surface area contributed by atoms with Gasteiger partial charge < -0.3 is 10.2 Å². The molecule has 2 rings (SSSR count). The van der Waals surface area contributed by atoms with Gasteiger partial charge in [0.2, 0.25) is 5.91 Å². The van der Waals surface area contributed by atoms with Gasteiger partial charge in [-0.05, 0) is 17.7 Å². The zero-order chi connectivity index (χ0) is 13.5. The van der Waals surface area contributed by atoms with Gasteiger partial charge in [-0.15, -0.1) is 0 Å². The molecule has 1 unspecified atom stereocenters. The van der Waals surface area contributed by atoms with E-state index >= 15 is 0 Å². The smallest absolute Gasteiger partial charge is 0.219 e. The molecular formula is C14H21FN2O. The monoisotopic (exact) mass is 252 g/mol. The summed E-state index contributed by atoms with van der Waals surface area (Å²) in [6.45, 7) is 7.65. The van der Waals surface area contributed by atoms with Gasteiger partial charge in [-0.1, -0.05) is 26.0 Å². The van der Waals surface area contributed by atoms with Gasteiger partial charge in [0, 0.05) is 26.6 Å². The lowest BCUT2D eigenvalue weighted by molar-refractivity contribution is -0.130. The van der Waals surface area contributed by atoms with Gasteiger partial charge >= 0.3 is 0 Å². The van der Waals surface area contributed by atoms with Gasteiger partial charge in [0.25, 0.3) is 0 Å². The summed E-state index contributed by atoms with van der Waals surface area (Å²) in [5.41, 5.74) is 0.894. The maximum atomic E-state index is 13.1. The van der Waals surface area contributed by atoms with Crippen molar-refractivity contribution in [1.82, 2.24) is 10.2 Å². The van der Waals surface area contributed by atoms with Crippen LogP contribution in [0.4, 0.5) is 4.39 Å². The number of piperazine rings is 1. The van der Waals surface area contributed by atoms with Crippen molar-refractivity contribution in [1.29, 1.82) is 0 Å². The molecule has 1 aromatic carbocycles. The number of halogens is 1. The third-order valence-electron chi connectivity index (χ3n) is 2.87. The predicted octanol–water partition coefficient (Wildman–Crippen LogP) is 2.34. The van der Waals surface area contributed by atoms with E-state index in [-0.39, 0.29) is 17.8 Å². The summed E-state index contributed by atoms with van der Waals surface area (Å²) in [6.07, 6.45) is 0. The second-order valence-corrected chi connectivity index (χ2v) is 4.03. The number of rotatable bonds is 1. The SMILES string of the molecule is CC.CC(=O)N1CCNC(c2cccc(F)c2)C1. The number of benzene rings is 1. The zero-order valence-corrected chi connectivity index (χ0v) is 11.2. The van der Waals surface area contributed by atoms with Crippen molar-refractivity contribution in [2.45, 2.75) is 26.8 Å². The molecule has 18 heavy (non-hydrogen) atoms. The van der Waals surface area contributed by atoms with Gasteiger partial charge in [0.15, 0.2) is 0 Å². The number of hydrogen-bond acceptors (Lipinski definition) is 2. The first-order valence-electron chi connectivity index (χ1n) is 6.41. The van der Waals surface area contributed by atoms with Crippen LogP contribution in [0.1, 0.15) is 32.4 Å². The number of nitrogens with one attached hydrogen (secondary N) is 1. The predicted molar refractivity (Wildman–Crippen MR) is 70.7 cm³/mol. The first-order valence-corrected chi connectivity index (χ1v) is 6.41. The quantitative estimate of drug-likeness (QED) is 0.832. The largest absolute Gasteiger partial charge is 0.340 e. The van der Waals surface area contributed by atoms with Gasteiger partial charge in [-0.2, -0.15) is 0 Å². The fourth-order valence-corrected chi connectivity index (χ4v) is 1.98. The van der Waals surface area contributed by atoms with Crippen LogP contribution in [0.3, 0.4) is 0 Å². The van der Waals surface area contributed by atoms with Crippen LogP contribution in [0.5, 0.6) is 0 Å². The highest BCUT2D eigenvalue weighted by Gasteiger charge is 2.22. The average Bonchev–Trinajstić information content (AvgIpc) is 2.41. The minimum Gasteiger partial charge on any atom is -0.340 e. The van der Waals surface area contributed by atoms with Gasteiger partial charge in [0.05, 0.1) is 6.04 Å². The number of amides is 1. The van der Waals surface area contributed by atoms with E-state index in [0.29, 0.717) is 6.54 Å². The summed E-state index contributed by atoms with van der Waals surface area (Å²) in [5.74, 6) is -0.165. The molecule has 1 atom stereocenters. The van der Waals surface area contributed by atoms with Crippen LogP contribution < -0.4 is 5.32 Å². The standard InChI is InChI=1S/C12H15FN2O.C2H6/c1-9(16)15-6-5-14-12(8-15)10-3-2-4-11(13)7-10;1-2/h2-4,7,12,14H,5-6,8H2,1H3;1-2H3. The van der Waals surface area contributed by atoms with E-state index < -0.39 is 0 Å². The van der Waals surface area contributed by atoms with Crippen molar-refractivity contribution in [3.63, 3.8) is 0 Å². The number of nitrogens with zero attached hydrogens (tertiary/aromatic N) is 1. The van der Waals surface area contributed by atoms with Crippen molar-refractivity contribution in [2.75, 3.05) is 19.6 Å². The van der Waals surface area contributed by atoms with E-state index in [9.17, 15) is 9.18 Å². The summed E-state index contributed by atoms with van der Waals surface area (Å²) in [7, 11) is 0. The molecule has 1 amide bonds. The molecular weight excluding hydrogens is 231 g/mol. The maximum Gasteiger partial charge on any atom is 0.219 e. The van der Waals surface area contributed by atoms with E-state index in [0.717, 1.165) is 18.7 Å². The molecule has 1 aliphatic heterocycles. The fraction of sp³-hybridized carbons (Fsp3) is 0.500. The Balaban J connectivity index is 0.000000771. The molecule has 0 spiro atoms. The molecule has 1 heterocycles. The van der Waals surface area contributed by atoms with Crippen molar-refractivity contribution in [3.8, 4) is 0 Å². The first-order chi connectivity index (χ1) is 8.66. The van der Waals surface area contributed by atoms with E-state index in [1.807, 2.05) is 19.9 Å². The molecule has 0 bridgehead atoms. The van der Waals surface area contributed by atoms with E-state index in [4.69, 9.17) is 0 Å². The van der Waals surface area contributed by atoms with Crippen LogP contribution >= 0.6 is 0 Å². The normalized spacial score (nSPS) is 18.9.